The van der Waals surface area contributed by atoms with Crippen molar-refractivity contribution >= 4 is 17.4 Å². The molecule has 0 amide bonds. The maximum Gasteiger partial charge on any atom is 0.145 e. The van der Waals surface area contributed by atoms with Gasteiger partial charge in [0, 0.05) is 23.9 Å². The Morgan fingerprint density at radius 1 is 1.31 bits per heavy atom. The molecule has 2 aliphatic heterocycles. The van der Waals surface area contributed by atoms with Crippen LogP contribution in [0.2, 0.25) is 5.02 Å². The van der Waals surface area contributed by atoms with Gasteiger partial charge in [-0.25, -0.2) is 0 Å². The second-order valence-corrected chi connectivity index (χ2v) is 4.68. The van der Waals surface area contributed by atoms with E-state index < -0.39 is 0 Å². The van der Waals surface area contributed by atoms with Gasteiger partial charge < -0.3 is 9.74 Å². The normalized spacial score (nSPS) is 23.7. The number of hydrogen-bond donors (Lipinski definition) is 0. The number of halogens is 1. The molecule has 1 saturated heterocycles. The monoisotopic (exact) mass is 236 g/mol. The minimum Gasteiger partial charge on any atom is -0.392 e. The van der Waals surface area contributed by atoms with Gasteiger partial charge in [-0.1, -0.05) is 28.9 Å². The van der Waals surface area contributed by atoms with E-state index in [1.165, 1.54) is 5.56 Å². The van der Waals surface area contributed by atoms with Gasteiger partial charge in [0.05, 0.1) is 6.54 Å². The molecule has 0 spiro atoms. The molecular formula is C12H13ClN2O. The molecule has 0 bridgehead atoms. The first kappa shape index (κ1) is 9.97. The topological polar surface area (TPSA) is 24.8 Å². The number of nitrogens with zero attached hydrogens (tertiary/aromatic N) is 2. The highest BCUT2D eigenvalue weighted by Gasteiger charge is 2.30. The third-order valence-electron chi connectivity index (χ3n) is 3.20. The molecule has 2 aliphatic rings. The Morgan fingerprint density at radius 2 is 2.12 bits per heavy atom. The highest BCUT2D eigenvalue weighted by Crippen LogP contribution is 2.30. The molecule has 3 rings (SSSR count). The van der Waals surface area contributed by atoms with Crippen LogP contribution in [0.25, 0.3) is 0 Å². The van der Waals surface area contributed by atoms with Gasteiger partial charge in [-0.05, 0) is 17.7 Å². The number of amidine groups is 1. The average molecular weight is 237 g/mol. The zero-order valence-electron chi connectivity index (χ0n) is 8.90. The van der Waals surface area contributed by atoms with Crippen LogP contribution in [0, 0.1) is 0 Å². The summed E-state index contributed by atoms with van der Waals surface area (Å²) < 4.78 is 0. The van der Waals surface area contributed by atoms with E-state index in [0.717, 1.165) is 30.4 Å². The average Bonchev–Trinajstić information content (AvgIpc) is 2.73. The van der Waals surface area contributed by atoms with Gasteiger partial charge in [-0.3, -0.25) is 0 Å². The molecule has 1 aromatic rings. The standard InChI is InChI=1S/C12H13ClN2O/c13-11-3-1-9(2-4-11)10-7-12-14-16-6-5-15(12)8-10/h1-4,10H,5-8H2/t10-/m0/s1. The molecule has 0 aliphatic carbocycles. The molecule has 2 heterocycles. The largest absolute Gasteiger partial charge is 0.392 e. The number of hydrogen-bond acceptors (Lipinski definition) is 3. The Bertz CT molecular complexity index is 416. The second kappa shape index (κ2) is 3.98. The van der Waals surface area contributed by atoms with Crippen LogP contribution in [0.1, 0.15) is 17.9 Å². The van der Waals surface area contributed by atoms with Crippen LogP contribution in [-0.2, 0) is 4.84 Å². The Kier molecular flexibility index (Phi) is 2.48. The van der Waals surface area contributed by atoms with Crippen molar-refractivity contribution in [1.82, 2.24) is 4.90 Å². The van der Waals surface area contributed by atoms with Crippen LogP contribution < -0.4 is 0 Å². The molecule has 1 atom stereocenters. The van der Waals surface area contributed by atoms with E-state index in [0.29, 0.717) is 12.5 Å². The summed E-state index contributed by atoms with van der Waals surface area (Å²) in [6, 6.07) is 8.11. The predicted molar refractivity (Wildman–Crippen MR) is 63.8 cm³/mol. The van der Waals surface area contributed by atoms with Crippen LogP contribution in [0.15, 0.2) is 29.4 Å². The van der Waals surface area contributed by atoms with Gasteiger partial charge >= 0.3 is 0 Å². The number of fused-ring (bicyclic) bond motifs is 1. The first-order valence-electron chi connectivity index (χ1n) is 5.52. The Morgan fingerprint density at radius 3 is 2.88 bits per heavy atom. The molecular weight excluding hydrogens is 224 g/mol. The summed E-state index contributed by atoms with van der Waals surface area (Å²) in [5.41, 5.74) is 1.33. The summed E-state index contributed by atoms with van der Waals surface area (Å²) >= 11 is 5.89. The molecule has 0 N–H and O–H groups in total. The zero-order chi connectivity index (χ0) is 11.0. The predicted octanol–water partition coefficient (Wildman–Crippen LogP) is 2.47. The van der Waals surface area contributed by atoms with Crippen molar-refractivity contribution in [3.63, 3.8) is 0 Å². The van der Waals surface area contributed by atoms with Crippen LogP contribution in [0.4, 0.5) is 0 Å². The van der Waals surface area contributed by atoms with Gasteiger partial charge in [0.1, 0.15) is 12.4 Å². The van der Waals surface area contributed by atoms with E-state index in [9.17, 15) is 0 Å². The lowest BCUT2D eigenvalue weighted by atomic mass is 9.98. The van der Waals surface area contributed by atoms with Gasteiger partial charge in [-0.15, -0.1) is 0 Å². The lowest BCUT2D eigenvalue weighted by Gasteiger charge is -2.21. The lowest BCUT2D eigenvalue weighted by molar-refractivity contribution is 0.106. The molecule has 0 saturated carbocycles. The number of oxime groups is 1. The van der Waals surface area contributed by atoms with Crippen molar-refractivity contribution in [2.75, 3.05) is 19.7 Å². The summed E-state index contributed by atoms with van der Waals surface area (Å²) in [5.74, 6) is 1.61. The van der Waals surface area contributed by atoms with Crippen molar-refractivity contribution in [2.24, 2.45) is 5.16 Å². The number of benzene rings is 1. The van der Waals surface area contributed by atoms with Crippen LogP contribution in [0.5, 0.6) is 0 Å². The molecule has 0 radical (unpaired) electrons. The molecule has 84 valence electrons. The summed E-state index contributed by atoms with van der Waals surface area (Å²) in [5, 5.41) is 4.89. The highest BCUT2D eigenvalue weighted by molar-refractivity contribution is 6.30. The SMILES string of the molecule is Clc1ccc([C@H]2CC3=NOCCN3C2)cc1. The molecule has 1 aromatic carbocycles. The molecule has 3 nitrogen and oxygen atoms in total. The summed E-state index contributed by atoms with van der Waals surface area (Å²) in [6.45, 7) is 2.71. The maximum absolute atomic E-state index is 5.89. The van der Waals surface area contributed by atoms with Gasteiger partial charge in [0.15, 0.2) is 0 Å². The van der Waals surface area contributed by atoms with Gasteiger partial charge in [0.2, 0.25) is 0 Å². The first-order valence-corrected chi connectivity index (χ1v) is 5.90. The molecule has 0 unspecified atom stereocenters. The smallest absolute Gasteiger partial charge is 0.145 e. The third kappa shape index (κ3) is 1.76. The summed E-state index contributed by atoms with van der Waals surface area (Å²) in [4.78, 5) is 7.42. The first-order chi connectivity index (χ1) is 7.83. The fourth-order valence-electron chi connectivity index (χ4n) is 2.33. The van der Waals surface area contributed by atoms with Gasteiger partial charge in [0.25, 0.3) is 0 Å². The van der Waals surface area contributed by atoms with Crippen molar-refractivity contribution in [3.8, 4) is 0 Å². The van der Waals surface area contributed by atoms with Crippen molar-refractivity contribution in [1.29, 1.82) is 0 Å². The quantitative estimate of drug-likeness (QED) is 0.748. The van der Waals surface area contributed by atoms with E-state index in [2.05, 4.69) is 22.2 Å². The van der Waals surface area contributed by atoms with Crippen molar-refractivity contribution < 1.29 is 4.84 Å². The van der Waals surface area contributed by atoms with E-state index in [-0.39, 0.29) is 0 Å². The summed E-state index contributed by atoms with van der Waals surface area (Å²) in [7, 11) is 0. The molecule has 16 heavy (non-hydrogen) atoms. The Balaban J connectivity index is 1.80. The molecule has 4 heteroatoms. The lowest BCUT2D eigenvalue weighted by Crippen LogP contribution is -2.32. The Labute approximate surface area is 99.6 Å². The van der Waals surface area contributed by atoms with Gasteiger partial charge in [-0.2, -0.15) is 0 Å². The van der Waals surface area contributed by atoms with E-state index in [4.69, 9.17) is 16.4 Å². The Hall–Kier alpha value is -1.22. The van der Waals surface area contributed by atoms with Crippen LogP contribution >= 0.6 is 11.6 Å². The van der Waals surface area contributed by atoms with Crippen molar-refractivity contribution in [2.45, 2.75) is 12.3 Å². The summed E-state index contributed by atoms with van der Waals surface area (Å²) in [6.07, 6.45) is 0.974. The molecule has 1 fully saturated rings. The maximum atomic E-state index is 5.89. The van der Waals surface area contributed by atoms with E-state index in [1.807, 2.05) is 12.1 Å². The molecule has 0 aromatic heterocycles. The fraction of sp³-hybridized carbons (Fsp3) is 0.417. The van der Waals surface area contributed by atoms with Crippen molar-refractivity contribution in [3.05, 3.63) is 34.9 Å². The van der Waals surface area contributed by atoms with E-state index >= 15 is 0 Å². The van der Waals surface area contributed by atoms with Crippen LogP contribution in [-0.4, -0.2) is 30.4 Å². The minimum absolute atomic E-state index is 0.526. The zero-order valence-corrected chi connectivity index (χ0v) is 9.65. The second-order valence-electron chi connectivity index (χ2n) is 4.24. The van der Waals surface area contributed by atoms with Crippen LogP contribution in [0.3, 0.4) is 0 Å². The fourth-order valence-corrected chi connectivity index (χ4v) is 2.46. The minimum atomic E-state index is 0.526. The third-order valence-corrected chi connectivity index (χ3v) is 3.45. The number of rotatable bonds is 1. The highest BCUT2D eigenvalue weighted by atomic mass is 35.5. The van der Waals surface area contributed by atoms with E-state index in [1.54, 1.807) is 0 Å².